The van der Waals surface area contributed by atoms with E-state index in [2.05, 4.69) is 0 Å². The first-order valence-electron chi connectivity index (χ1n) is 5.30. The Kier molecular flexibility index (Phi) is 3.18. The summed E-state index contributed by atoms with van der Waals surface area (Å²) in [7, 11) is 0. The first kappa shape index (κ1) is 12.0. The third-order valence-corrected chi connectivity index (χ3v) is 2.53. The minimum atomic E-state index is -0.669. The average Bonchev–Trinajstić information content (AvgIpc) is 2.81. The molecule has 2 aromatic heterocycles. The zero-order chi connectivity index (χ0) is 13.1. The van der Waals surface area contributed by atoms with Crippen LogP contribution in [0.1, 0.15) is 16.2 Å². The summed E-state index contributed by atoms with van der Waals surface area (Å²) < 4.78 is 6.60. The van der Waals surface area contributed by atoms with Crippen LogP contribution in [0.5, 0.6) is 0 Å². The summed E-state index contributed by atoms with van der Waals surface area (Å²) in [4.78, 5) is 21.6. The zero-order valence-electron chi connectivity index (χ0n) is 9.70. The first-order chi connectivity index (χ1) is 8.58. The van der Waals surface area contributed by atoms with Crippen molar-refractivity contribution in [1.82, 2.24) is 0 Å². The van der Waals surface area contributed by atoms with Crippen LogP contribution in [0.25, 0.3) is 0 Å². The van der Waals surface area contributed by atoms with Crippen LogP contribution in [-0.4, -0.2) is 10.7 Å². The third-order valence-electron chi connectivity index (χ3n) is 2.53. The lowest BCUT2D eigenvalue weighted by molar-refractivity contribution is -0.689. The number of Topliss-reactive ketones (excluding diaryl/α,β-unsaturated/α-hetero) is 1. The Hall–Kier alpha value is -2.50. The van der Waals surface area contributed by atoms with Crippen LogP contribution in [0, 0.1) is 17.0 Å². The van der Waals surface area contributed by atoms with Gasteiger partial charge in [0.15, 0.2) is 17.7 Å². The van der Waals surface area contributed by atoms with Gasteiger partial charge in [-0.15, -0.1) is 0 Å². The van der Waals surface area contributed by atoms with Crippen LogP contribution >= 0.6 is 0 Å². The molecule has 0 radical (unpaired) electrons. The van der Waals surface area contributed by atoms with E-state index in [1.807, 2.05) is 25.1 Å². The van der Waals surface area contributed by atoms with Crippen LogP contribution in [0.2, 0.25) is 0 Å². The number of nitro groups is 1. The number of aromatic nitrogens is 1. The van der Waals surface area contributed by atoms with Crippen molar-refractivity contribution in [2.45, 2.75) is 13.5 Å². The molecule has 0 amide bonds. The monoisotopic (exact) mass is 247 g/mol. The van der Waals surface area contributed by atoms with Gasteiger partial charge in [-0.2, -0.15) is 4.57 Å². The Morgan fingerprint density at radius 1 is 1.39 bits per heavy atom. The minimum absolute atomic E-state index is 0.00236. The lowest BCUT2D eigenvalue weighted by Crippen LogP contribution is -2.40. The number of furan rings is 1. The van der Waals surface area contributed by atoms with E-state index in [4.69, 9.17) is 4.42 Å². The molecule has 0 aliphatic heterocycles. The van der Waals surface area contributed by atoms with Gasteiger partial charge in [0.25, 0.3) is 5.78 Å². The Labute approximate surface area is 103 Å². The number of hydrogen-bond donors (Lipinski definition) is 0. The molecule has 6 nitrogen and oxygen atoms in total. The summed E-state index contributed by atoms with van der Waals surface area (Å²) in [5.74, 6) is -0.729. The molecular weight excluding hydrogens is 236 g/mol. The highest BCUT2D eigenvalue weighted by molar-refractivity contribution is 5.92. The molecule has 0 unspecified atom stereocenters. The molecule has 2 heterocycles. The van der Waals surface area contributed by atoms with E-state index >= 15 is 0 Å². The van der Waals surface area contributed by atoms with Crippen molar-refractivity contribution in [3.63, 3.8) is 0 Å². The quantitative estimate of drug-likeness (QED) is 0.356. The molecule has 0 fully saturated rings. The summed E-state index contributed by atoms with van der Waals surface area (Å²) >= 11 is 0. The number of carbonyl (C=O) groups is 1. The number of carbonyl (C=O) groups excluding carboxylic acids is 1. The number of rotatable bonds is 4. The number of hydrogen-bond acceptors (Lipinski definition) is 4. The summed E-state index contributed by atoms with van der Waals surface area (Å²) in [6, 6.07) is 8.05. The predicted molar refractivity (Wildman–Crippen MR) is 61.1 cm³/mol. The molecular formula is C12H11N2O4+. The van der Waals surface area contributed by atoms with Gasteiger partial charge in [-0.1, -0.05) is 6.07 Å². The summed E-state index contributed by atoms with van der Waals surface area (Å²) in [5.41, 5.74) is 0.923. The Balaban J connectivity index is 2.17. The van der Waals surface area contributed by atoms with Crippen molar-refractivity contribution in [3.05, 3.63) is 58.1 Å². The van der Waals surface area contributed by atoms with Crippen LogP contribution in [0.4, 0.5) is 5.88 Å². The molecule has 0 saturated carbocycles. The van der Waals surface area contributed by atoms with Crippen LogP contribution in [-0.2, 0) is 6.54 Å². The van der Waals surface area contributed by atoms with Crippen LogP contribution in [0.3, 0.4) is 0 Å². The number of pyridine rings is 1. The van der Waals surface area contributed by atoms with Gasteiger partial charge in [0, 0.05) is 19.1 Å². The van der Waals surface area contributed by atoms with E-state index < -0.39 is 10.8 Å². The van der Waals surface area contributed by atoms with Crippen molar-refractivity contribution in [3.8, 4) is 0 Å². The summed E-state index contributed by atoms with van der Waals surface area (Å²) in [6.45, 7) is 1.97. The fourth-order valence-electron chi connectivity index (χ4n) is 1.55. The second-order valence-corrected chi connectivity index (χ2v) is 3.79. The first-order valence-corrected chi connectivity index (χ1v) is 5.30. The average molecular weight is 247 g/mol. The van der Waals surface area contributed by atoms with E-state index in [0.29, 0.717) is 0 Å². The molecule has 18 heavy (non-hydrogen) atoms. The van der Waals surface area contributed by atoms with E-state index in [9.17, 15) is 14.9 Å². The maximum Gasteiger partial charge on any atom is 0.433 e. The van der Waals surface area contributed by atoms with Gasteiger partial charge in [-0.05, 0) is 6.07 Å². The van der Waals surface area contributed by atoms with Crippen molar-refractivity contribution in [1.29, 1.82) is 0 Å². The highest BCUT2D eigenvalue weighted by Crippen LogP contribution is 2.15. The SMILES string of the molecule is Cc1cccc[n+]1CC(=O)c1ccc([N+](=O)[O-])o1. The second kappa shape index (κ2) is 4.79. The van der Waals surface area contributed by atoms with Crippen LogP contribution in [0.15, 0.2) is 40.9 Å². The fourth-order valence-corrected chi connectivity index (χ4v) is 1.55. The predicted octanol–water partition coefficient (Wildman–Crippen LogP) is 1.67. The van der Waals surface area contributed by atoms with E-state index in [1.54, 1.807) is 10.8 Å². The van der Waals surface area contributed by atoms with E-state index in [-0.39, 0.29) is 18.1 Å². The molecule has 0 atom stereocenters. The molecule has 0 N–H and O–H groups in total. The van der Waals surface area contributed by atoms with Gasteiger partial charge >= 0.3 is 5.88 Å². The third kappa shape index (κ3) is 2.42. The smallest absolute Gasteiger partial charge is 0.397 e. The molecule has 0 saturated heterocycles. The summed E-state index contributed by atoms with van der Waals surface area (Å²) in [5, 5.41) is 10.4. The molecule has 0 spiro atoms. The maximum atomic E-state index is 11.9. The second-order valence-electron chi connectivity index (χ2n) is 3.79. The van der Waals surface area contributed by atoms with Gasteiger partial charge in [-0.3, -0.25) is 14.9 Å². The molecule has 92 valence electrons. The topological polar surface area (TPSA) is 77.2 Å². The molecule has 0 aliphatic carbocycles. The molecule has 6 heteroatoms. The summed E-state index contributed by atoms with van der Waals surface area (Å²) in [6.07, 6.45) is 1.77. The van der Waals surface area contributed by atoms with Crippen molar-refractivity contribution in [2.24, 2.45) is 0 Å². The minimum Gasteiger partial charge on any atom is -0.397 e. The largest absolute Gasteiger partial charge is 0.433 e. The lowest BCUT2D eigenvalue weighted by atomic mass is 10.3. The molecule has 2 rings (SSSR count). The maximum absolute atomic E-state index is 11.9. The number of nitrogens with zero attached hydrogens (tertiary/aromatic N) is 2. The highest BCUT2D eigenvalue weighted by Gasteiger charge is 2.20. The zero-order valence-corrected chi connectivity index (χ0v) is 9.70. The molecule has 0 aliphatic rings. The van der Waals surface area contributed by atoms with Gasteiger partial charge in [0.1, 0.15) is 4.92 Å². The van der Waals surface area contributed by atoms with Crippen molar-refractivity contribution >= 4 is 11.7 Å². The Morgan fingerprint density at radius 3 is 2.78 bits per heavy atom. The van der Waals surface area contributed by atoms with E-state index in [1.165, 1.54) is 12.1 Å². The van der Waals surface area contributed by atoms with Crippen molar-refractivity contribution < 1.29 is 18.7 Å². The van der Waals surface area contributed by atoms with E-state index in [0.717, 1.165) is 5.69 Å². The fraction of sp³-hybridized carbons (Fsp3) is 0.167. The standard InChI is InChI=1S/C12H11N2O4/c1-9-4-2-3-7-13(9)8-10(15)11-5-6-12(18-11)14(16)17/h2-7H,8H2,1H3/q+1. The van der Waals surface area contributed by atoms with Gasteiger partial charge < -0.3 is 4.42 Å². The molecule has 0 bridgehead atoms. The van der Waals surface area contributed by atoms with Gasteiger partial charge in [-0.25, -0.2) is 0 Å². The Bertz CT molecular complexity index is 604. The normalized spacial score (nSPS) is 10.3. The van der Waals surface area contributed by atoms with Crippen LogP contribution < -0.4 is 4.57 Å². The van der Waals surface area contributed by atoms with Gasteiger partial charge in [0.05, 0.1) is 6.07 Å². The molecule has 2 aromatic rings. The number of ketones is 1. The number of aryl methyl sites for hydroxylation is 1. The highest BCUT2D eigenvalue weighted by atomic mass is 16.6. The Morgan fingerprint density at radius 2 is 2.17 bits per heavy atom. The molecule has 0 aromatic carbocycles. The lowest BCUT2D eigenvalue weighted by Gasteiger charge is -1.97. The van der Waals surface area contributed by atoms with Crippen molar-refractivity contribution in [2.75, 3.05) is 0 Å². The van der Waals surface area contributed by atoms with Gasteiger partial charge in [0.2, 0.25) is 6.54 Å².